The van der Waals surface area contributed by atoms with Crippen molar-refractivity contribution in [1.82, 2.24) is 5.32 Å². The third-order valence-electron chi connectivity index (χ3n) is 10.6. The number of halogens is 4. The van der Waals surface area contributed by atoms with Gasteiger partial charge in [0.1, 0.15) is 18.5 Å². The molecule has 4 aromatic rings. The average molecular weight is 817 g/mol. The lowest BCUT2D eigenvalue weighted by atomic mass is 9.74. The number of hydrogen-bond acceptors (Lipinski definition) is 10. The Morgan fingerprint density at radius 2 is 1.61 bits per heavy atom. The van der Waals surface area contributed by atoms with Gasteiger partial charge in [-0.1, -0.05) is 48.5 Å². The van der Waals surface area contributed by atoms with E-state index < -0.39 is 73.6 Å². The second-order valence-corrected chi connectivity index (χ2v) is 16.4. The number of amides is 2. The number of fused-ring (bicyclic) bond motifs is 1. The Balaban J connectivity index is 1.10. The van der Waals surface area contributed by atoms with Gasteiger partial charge in [-0.3, -0.25) is 14.4 Å². The van der Waals surface area contributed by atoms with E-state index in [1.807, 2.05) is 49.4 Å². The van der Waals surface area contributed by atoms with Gasteiger partial charge in [0.15, 0.2) is 11.6 Å². The van der Waals surface area contributed by atoms with E-state index in [-0.39, 0.29) is 41.7 Å². The highest BCUT2D eigenvalue weighted by molar-refractivity contribution is 7.92. The van der Waals surface area contributed by atoms with Crippen LogP contribution in [0.1, 0.15) is 54.9 Å². The first-order valence-electron chi connectivity index (χ1n) is 18.0. The van der Waals surface area contributed by atoms with Gasteiger partial charge in [-0.05, 0) is 79.6 Å². The molecule has 0 spiro atoms. The minimum atomic E-state index is -5.73. The van der Waals surface area contributed by atoms with Gasteiger partial charge >= 0.3 is 11.5 Å². The number of sulfone groups is 1. The molecule has 2 aliphatic rings. The highest BCUT2D eigenvalue weighted by atomic mass is 32.2. The molecule has 4 N–H and O–H groups in total. The van der Waals surface area contributed by atoms with Gasteiger partial charge in [-0.2, -0.15) is 13.2 Å². The number of carbonyl (C=O) groups is 3. The van der Waals surface area contributed by atoms with Gasteiger partial charge in [-0.25, -0.2) is 12.8 Å². The summed E-state index contributed by atoms with van der Waals surface area (Å²) in [5.41, 5.74) is -6.10. The van der Waals surface area contributed by atoms with Crippen molar-refractivity contribution in [3.8, 4) is 11.5 Å². The number of anilines is 1. The van der Waals surface area contributed by atoms with Gasteiger partial charge in [0.2, 0.25) is 5.91 Å². The SMILES string of the molecule is COc1cc(F)c(OC2CCC(C)(C(=O)OCc3cccc4ccccc34)CC2)cc1C(=O)NC1C(C(=O)Nc2cccc(S(=O)(=O)C(F)(F)F)c2)CC(O)C1O. The summed E-state index contributed by atoms with van der Waals surface area (Å²) >= 11 is 0. The first-order chi connectivity index (χ1) is 26.9. The molecule has 57 heavy (non-hydrogen) atoms. The summed E-state index contributed by atoms with van der Waals surface area (Å²) in [5, 5.41) is 27.9. The summed E-state index contributed by atoms with van der Waals surface area (Å²) in [5.74, 6) is -4.99. The van der Waals surface area contributed by atoms with Crippen LogP contribution < -0.4 is 20.1 Å². The number of hydrogen-bond donors (Lipinski definition) is 4. The van der Waals surface area contributed by atoms with Crippen LogP contribution in [-0.4, -0.2) is 73.4 Å². The van der Waals surface area contributed by atoms with Crippen molar-refractivity contribution in [2.45, 2.75) is 80.4 Å². The molecular weight excluding hydrogens is 777 g/mol. The van der Waals surface area contributed by atoms with Crippen LogP contribution >= 0.6 is 0 Å². The number of rotatable bonds is 11. The molecule has 2 aliphatic carbocycles. The normalized spacial score (nSPS) is 23.8. The molecular formula is C40H40F4N2O10S. The Hall–Kier alpha value is -5.26. The summed E-state index contributed by atoms with van der Waals surface area (Å²) in [7, 11) is -4.55. The number of alkyl halides is 3. The Bertz CT molecular complexity index is 2270. The maximum absolute atomic E-state index is 15.3. The van der Waals surface area contributed by atoms with E-state index >= 15 is 4.39 Å². The van der Waals surface area contributed by atoms with Gasteiger partial charge in [0, 0.05) is 11.8 Å². The third kappa shape index (κ3) is 8.70. The third-order valence-corrected chi connectivity index (χ3v) is 12.1. The Labute approximate surface area is 325 Å². The number of ether oxygens (including phenoxy) is 3. The van der Waals surface area contributed by atoms with E-state index in [2.05, 4.69) is 10.6 Å². The fourth-order valence-electron chi connectivity index (χ4n) is 7.26. The Morgan fingerprint density at radius 3 is 2.32 bits per heavy atom. The molecule has 4 unspecified atom stereocenters. The highest BCUT2D eigenvalue weighted by Crippen LogP contribution is 2.40. The van der Waals surface area contributed by atoms with Gasteiger partial charge in [-0.15, -0.1) is 0 Å². The van der Waals surface area contributed by atoms with Gasteiger partial charge in [0.05, 0.1) is 47.2 Å². The molecule has 0 aliphatic heterocycles. The molecule has 6 rings (SSSR count). The van der Waals surface area contributed by atoms with Crippen LogP contribution in [-0.2, 0) is 30.8 Å². The Morgan fingerprint density at radius 1 is 0.930 bits per heavy atom. The molecule has 2 amide bonds. The minimum Gasteiger partial charge on any atom is -0.496 e. The lowest BCUT2D eigenvalue weighted by molar-refractivity contribution is -0.159. The molecule has 2 fully saturated rings. The monoisotopic (exact) mass is 816 g/mol. The largest absolute Gasteiger partial charge is 0.501 e. The maximum Gasteiger partial charge on any atom is 0.501 e. The lowest BCUT2D eigenvalue weighted by Gasteiger charge is -2.35. The van der Waals surface area contributed by atoms with Crippen molar-refractivity contribution in [2.24, 2.45) is 11.3 Å². The van der Waals surface area contributed by atoms with Crippen molar-refractivity contribution in [3.63, 3.8) is 0 Å². The molecule has 12 nitrogen and oxygen atoms in total. The first kappa shape index (κ1) is 41.4. The smallest absolute Gasteiger partial charge is 0.496 e. The molecule has 0 heterocycles. The molecule has 4 atom stereocenters. The molecule has 0 bridgehead atoms. The Kier molecular flexibility index (Phi) is 11.8. The van der Waals surface area contributed by atoms with Crippen LogP contribution in [0, 0.1) is 17.2 Å². The maximum atomic E-state index is 15.3. The average Bonchev–Trinajstić information content (AvgIpc) is 3.46. The van der Waals surface area contributed by atoms with Crippen LogP contribution in [0.15, 0.2) is 83.8 Å². The van der Waals surface area contributed by atoms with Crippen LogP contribution in [0.25, 0.3) is 10.8 Å². The fourth-order valence-corrected chi connectivity index (χ4v) is 8.06. The minimum absolute atomic E-state index is 0.103. The number of esters is 1. The number of nitrogens with one attached hydrogen (secondary N) is 2. The molecule has 0 aromatic heterocycles. The predicted molar refractivity (Wildman–Crippen MR) is 197 cm³/mol. The lowest BCUT2D eigenvalue weighted by Crippen LogP contribution is -2.48. The summed E-state index contributed by atoms with van der Waals surface area (Å²) in [6.45, 7) is 1.91. The summed E-state index contributed by atoms with van der Waals surface area (Å²) in [6, 6.07) is 17.6. The number of carbonyl (C=O) groups excluding carboxylic acids is 3. The van der Waals surface area contributed by atoms with Crippen LogP contribution in [0.5, 0.6) is 11.5 Å². The summed E-state index contributed by atoms with van der Waals surface area (Å²) < 4.78 is 95.4. The van der Waals surface area contributed by atoms with E-state index in [1.165, 1.54) is 7.11 Å². The van der Waals surface area contributed by atoms with E-state index in [4.69, 9.17) is 14.2 Å². The van der Waals surface area contributed by atoms with E-state index in [0.717, 1.165) is 40.6 Å². The molecule has 304 valence electrons. The quantitative estimate of drug-likeness (QED) is 0.106. The van der Waals surface area contributed by atoms with Gasteiger partial charge < -0.3 is 35.1 Å². The summed E-state index contributed by atoms with van der Waals surface area (Å²) in [6.07, 6.45) is -2.63. The van der Waals surface area contributed by atoms with Crippen molar-refractivity contribution < 1.29 is 64.8 Å². The molecule has 0 radical (unpaired) electrons. The number of methoxy groups -OCH3 is 1. The number of aliphatic hydroxyl groups excluding tert-OH is 2. The number of benzene rings is 4. The van der Waals surface area contributed by atoms with Crippen LogP contribution in [0.3, 0.4) is 0 Å². The van der Waals surface area contributed by atoms with E-state index in [1.54, 1.807) is 0 Å². The summed E-state index contributed by atoms with van der Waals surface area (Å²) in [4.78, 5) is 39.1. The zero-order valence-electron chi connectivity index (χ0n) is 30.7. The fraction of sp³-hybridized carbons (Fsp3) is 0.375. The molecule has 0 saturated heterocycles. The van der Waals surface area contributed by atoms with Crippen molar-refractivity contribution in [2.75, 3.05) is 12.4 Å². The van der Waals surface area contributed by atoms with Gasteiger partial charge in [0.25, 0.3) is 15.7 Å². The standard InChI is InChI=1S/C40H40F4N2O10S/c1-39(38(51)55-21-23-9-5-8-22-7-3-4-12-27(22)23)15-13-25(14-16-39)56-33-19-28(32(54-2)20-30(33)41)36(49)46-34-29(18-31(47)35(34)48)37(50)45-24-10-6-11-26(17-24)57(52,53)40(42,43)44/h3-12,17,19-20,25,29,31,34-35,47-48H,13-16,18,21H2,1-2H3,(H,45,50)(H,46,49). The van der Waals surface area contributed by atoms with E-state index in [9.17, 15) is 46.2 Å². The number of aliphatic hydroxyl groups is 2. The second kappa shape index (κ2) is 16.3. The van der Waals surface area contributed by atoms with Crippen molar-refractivity contribution in [3.05, 3.63) is 95.8 Å². The predicted octanol–water partition coefficient (Wildman–Crippen LogP) is 5.83. The van der Waals surface area contributed by atoms with Crippen LogP contribution in [0.4, 0.5) is 23.2 Å². The molecule has 2 saturated carbocycles. The highest BCUT2D eigenvalue weighted by Gasteiger charge is 2.48. The zero-order chi connectivity index (χ0) is 41.3. The topological polar surface area (TPSA) is 178 Å². The molecule has 17 heteroatoms. The van der Waals surface area contributed by atoms with Crippen LogP contribution in [0.2, 0.25) is 0 Å². The first-order valence-corrected chi connectivity index (χ1v) is 19.5. The van der Waals surface area contributed by atoms with Crippen molar-refractivity contribution in [1.29, 1.82) is 0 Å². The second-order valence-electron chi connectivity index (χ2n) is 14.4. The zero-order valence-corrected chi connectivity index (χ0v) is 31.5. The van der Waals surface area contributed by atoms with Crippen molar-refractivity contribution >= 4 is 44.1 Å². The van der Waals surface area contributed by atoms with E-state index in [0.29, 0.717) is 37.8 Å². The molecule has 4 aromatic carbocycles.